The molecule has 1 aliphatic heterocycles. The van der Waals surface area contributed by atoms with Crippen LogP contribution in [-0.4, -0.2) is 25.2 Å². The Morgan fingerprint density at radius 3 is 2.73 bits per heavy atom. The molecule has 3 atom stereocenters. The molecule has 0 aliphatic carbocycles. The third-order valence-electron chi connectivity index (χ3n) is 3.02. The molecule has 4 nitrogen and oxygen atoms in total. The van der Waals surface area contributed by atoms with Gasteiger partial charge in [-0.25, -0.2) is 0 Å². The van der Waals surface area contributed by atoms with Gasteiger partial charge in [-0.15, -0.1) is 0 Å². The van der Waals surface area contributed by atoms with Gasteiger partial charge in [-0.2, -0.15) is 0 Å². The van der Waals surface area contributed by atoms with Crippen molar-refractivity contribution in [3.63, 3.8) is 0 Å². The Labute approximate surface area is 91.2 Å². The Kier molecular flexibility index (Phi) is 5.05. The maximum atomic E-state index is 11.7. The smallest absolute Gasteiger partial charge is 0.314 e. The molecule has 88 valence electrons. The van der Waals surface area contributed by atoms with E-state index in [1.807, 2.05) is 0 Å². The summed E-state index contributed by atoms with van der Waals surface area (Å²) < 4.78 is 4.93. The standard InChI is InChI=1S/C11H21NO3/c1-3-5-10-7-6-9(8-12(10)14)11(13)15-4-2/h9-10,12H,3-8H2,1-2H3. The summed E-state index contributed by atoms with van der Waals surface area (Å²) >= 11 is 0. The molecule has 0 aromatic carbocycles. The van der Waals surface area contributed by atoms with Crippen molar-refractivity contribution in [2.45, 2.75) is 45.6 Å². The summed E-state index contributed by atoms with van der Waals surface area (Å²) in [7, 11) is 0. The van der Waals surface area contributed by atoms with Gasteiger partial charge in [0.2, 0.25) is 0 Å². The van der Waals surface area contributed by atoms with Crippen LogP contribution < -0.4 is 5.06 Å². The van der Waals surface area contributed by atoms with Gasteiger partial charge in [-0.1, -0.05) is 13.3 Å². The first-order valence-electron chi connectivity index (χ1n) is 5.88. The molecule has 0 radical (unpaired) electrons. The van der Waals surface area contributed by atoms with E-state index in [2.05, 4.69) is 6.92 Å². The Morgan fingerprint density at radius 2 is 2.20 bits per heavy atom. The normalized spacial score (nSPS) is 31.3. The van der Waals surface area contributed by atoms with Crippen molar-refractivity contribution in [1.29, 1.82) is 0 Å². The zero-order valence-electron chi connectivity index (χ0n) is 9.62. The van der Waals surface area contributed by atoms with E-state index in [-0.39, 0.29) is 23.0 Å². The third-order valence-corrected chi connectivity index (χ3v) is 3.02. The quantitative estimate of drug-likeness (QED) is 0.549. The molecule has 15 heavy (non-hydrogen) atoms. The van der Waals surface area contributed by atoms with Crippen molar-refractivity contribution in [3.8, 4) is 0 Å². The lowest BCUT2D eigenvalue weighted by Crippen LogP contribution is -3.13. The van der Waals surface area contributed by atoms with Crippen LogP contribution in [0.15, 0.2) is 0 Å². The molecule has 0 bridgehead atoms. The van der Waals surface area contributed by atoms with Crippen LogP contribution in [0.1, 0.15) is 39.5 Å². The van der Waals surface area contributed by atoms with E-state index in [1.54, 1.807) is 6.92 Å². The largest absolute Gasteiger partial charge is 0.634 e. The second kappa shape index (κ2) is 6.08. The Morgan fingerprint density at radius 1 is 1.47 bits per heavy atom. The molecule has 0 spiro atoms. The van der Waals surface area contributed by atoms with Crippen LogP contribution in [0.4, 0.5) is 0 Å². The topological polar surface area (TPSA) is 53.8 Å². The fourth-order valence-electron chi connectivity index (χ4n) is 2.19. The third kappa shape index (κ3) is 3.47. The molecule has 0 amide bonds. The monoisotopic (exact) mass is 215 g/mol. The van der Waals surface area contributed by atoms with Crippen molar-refractivity contribution in [1.82, 2.24) is 0 Å². The van der Waals surface area contributed by atoms with Crippen LogP contribution in [0.5, 0.6) is 0 Å². The predicted molar refractivity (Wildman–Crippen MR) is 57.2 cm³/mol. The minimum Gasteiger partial charge on any atom is -0.634 e. The van der Waals surface area contributed by atoms with E-state index in [0.717, 1.165) is 25.7 Å². The fourth-order valence-corrected chi connectivity index (χ4v) is 2.19. The van der Waals surface area contributed by atoms with Crippen LogP contribution >= 0.6 is 0 Å². The number of hydrogen-bond donors (Lipinski definition) is 1. The summed E-state index contributed by atoms with van der Waals surface area (Å²) in [5.41, 5.74) is 0. The molecule has 1 fully saturated rings. The van der Waals surface area contributed by atoms with Gasteiger partial charge in [-0.05, 0) is 19.8 Å². The van der Waals surface area contributed by atoms with Gasteiger partial charge in [0.1, 0.15) is 5.92 Å². The van der Waals surface area contributed by atoms with Crippen molar-refractivity contribution < 1.29 is 14.6 Å². The lowest BCUT2D eigenvalue weighted by Gasteiger charge is -2.38. The highest BCUT2D eigenvalue weighted by molar-refractivity contribution is 5.72. The summed E-state index contributed by atoms with van der Waals surface area (Å²) in [6.45, 7) is 4.68. The summed E-state index contributed by atoms with van der Waals surface area (Å²) in [6.07, 6.45) is 3.68. The summed E-state index contributed by atoms with van der Waals surface area (Å²) in [4.78, 5) is 11.4. The highest BCUT2D eigenvalue weighted by Gasteiger charge is 2.31. The van der Waals surface area contributed by atoms with Crippen LogP contribution in [0.2, 0.25) is 0 Å². The second-order valence-corrected chi connectivity index (χ2v) is 4.18. The number of hydroxylamine groups is 2. The molecule has 0 aromatic heterocycles. The zero-order valence-corrected chi connectivity index (χ0v) is 9.62. The highest BCUT2D eigenvalue weighted by atomic mass is 16.5. The van der Waals surface area contributed by atoms with Crippen LogP contribution in [0.3, 0.4) is 0 Å². The van der Waals surface area contributed by atoms with Crippen LogP contribution in [0, 0.1) is 11.1 Å². The summed E-state index contributed by atoms with van der Waals surface area (Å²) in [5, 5.41) is 11.9. The van der Waals surface area contributed by atoms with E-state index < -0.39 is 0 Å². The molecular formula is C11H21NO3. The minimum absolute atomic E-state index is 0.175. The maximum absolute atomic E-state index is 11.7. The number of ether oxygens (including phenoxy) is 1. The number of esters is 1. The first-order valence-corrected chi connectivity index (χ1v) is 5.88. The van der Waals surface area contributed by atoms with Crippen LogP contribution in [-0.2, 0) is 9.53 Å². The van der Waals surface area contributed by atoms with Gasteiger partial charge in [0.05, 0.1) is 19.2 Å². The van der Waals surface area contributed by atoms with Gasteiger partial charge in [-0.3, -0.25) is 4.79 Å². The van der Waals surface area contributed by atoms with Gasteiger partial charge in [0.25, 0.3) is 0 Å². The summed E-state index contributed by atoms with van der Waals surface area (Å²) in [6, 6.07) is 0.195. The molecule has 0 aromatic rings. The second-order valence-electron chi connectivity index (χ2n) is 4.18. The van der Waals surface area contributed by atoms with Crippen molar-refractivity contribution in [3.05, 3.63) is 5.21 Å². The molecule has 1 heterocycles. The SMILES string of the molecule is CCCC1CCC(C(=O)OCC)C[NH+]1[O-]. The molecule has 1 aliphatic rings. The van der Waals surface area contributed by atoms with Crippen molar-refractivity contribution in [2.24, 2.45) is 5.92 Å². The Hall–Kier alpha value is -0.610. The Balaban J connectivity index is 2.39. The van der Waals surface area contributed by atoms with E-state index in [4.69, 9.17) is 4.74 Å². The Bertz CT molecular complexity index is 208. The molecule has 1 saturated heterocycles. The summed E-state index contributed by atoms with van der Waals surface area (Å²) in [5.74, 6) is -0.369. The van der Waals surface area contributed by atoms with E-state index >= 15 is 0 Å². The van der Waals surface area contributed by atoms with E-state index in [9.17, 15) is 10.0 Å². The number of nitrogens with one attached hydrogen (secondary N) is 1. The van der Waals surface area contributed by atoms with E-state index in [0.29, 0.717) is 13.2 Å². The number of hydrogen-bond acceptors (Lipinski definition) is 3. The molecule has 0 saturated carbocycles. The molecule has 4 heteroatoms. The van der Waals surface area contributed by atoms with Gasteiger partial charge < -0.3 is 15.0 Å². The lowest BCUT2D eigenvalue weighted by molar-refractivity contribution is -0.884. The van der Waals surface area contributed by atoms with Gasteiger partial charge in [0, 0.05) is 6.42 Å². The molecule has 1 N–H and O–H groups in total. The lowest BCUT2D eigenvalue weighted by atomic mass is 9.92. The molecule has 3 unspecified atom stereocenters. The zero-order chi connectivity index (χ0) is 11.3. The molecular weight excluding hydrogens is 194 g/mol. The number of piperidine rings is 1. The number of quaternary nitrogens is 1. The number of rotatable bonds is 4. The van der Waals surface area contributed by atoms with E-state index in [1.165, 1.54) is 0 Å². The molecule has 1 rings (SSSR count). The minimum atomic E-state index is -0.194. The van der Waals surface area contributed by atoms with Crippen LogP contribution in [0.25, 0.3) is 0 Å². The van der Waals surface area contributed by atoms with Crippen molar-refractivity contribution in [2.75, 3.05) is 13.2 Å². The van der Waals surface area contributed by atoms with Gasteiger partial charge in [0.15, 0.2) is 0 Å². The number of carbonyl (C=O) groups is 1. The first-order chi connectivity index (χ1) is 7.19. The predicted octanol–water partition coefficient (Wildman–Crippen LogP) is 0.511. The van der Waals surface area contributed by atoms with Gasteiger partial charge >= 0.3 is 5.97 Å². The average Bonchev–Trinajstić information content (AvgIpc) is 2.21. The fraction of sp³-hybridized carbons (Fsp3) is 0.909. The number of carbonyl (C=O) groups excluding carboxylic acids is 1. The first kappa shape index (κ1) is 12.5. The maximum Gasteiger partial charge on any atom is 0.314 e. The average molecular weight is 215 g/mol. The van der Waals surface area contributed by atoms with Crippen molar-refractivity contribution >= 4 is 5.97 Å². The highest BCUT2D eigenvalue weighted by Crippen LogP contribution is 2.15.